The van der Waals surface area contributed by atoms with Crippen LogP contribution in [-0.2, 0) is 0 Å². The molecule has 0 bridgehead atoms. The zero-order valence-electron chi connectivity index (χ0n) is 14.0. The summed E-state index contributed by atoms with van der Waals surface area (Å²) in [5.41, 5.74) is 0.580. The highest BCUT2D eigenvalue weighted by Gasteiger charge is 2.08. The summed E-state index contributed by atoms with van der Waals surface area (Å²) in [5.74, 6) is 0.528. The topological polar surface area (TPSA) is 59.6 Å². The first-order chi connectivity index (χ1) is 12.0. The van der Waals surface area contributed by atoms with Gasteiger partial charge in [-0.05, 0) is 44.2 Å². The first-order valence-corrected chi connectivity index (χ1v) is 8.22. The lowest BCUT2D eigenvalue weighted by atomic mass is 10.3. The Morgan fingerprint density at radius 2 is 1.96 bits per heavy atom. The molecule has 0 unspecified atom stereocenters. The molecule has 2 aromatic rings. The van der Waals surface area contributed by atoms with E-state index in [-0.39, 0.29) is 30.3 Å². The molecule has 0 fully saturated rings. The van der Waals surface area contributed by atoms with Crippen LogP contribution in [0.1, 0.15) is 13.8 Å². The predicted octanol–water partition coefficient (Wildman–Crippen LogP) is 4.47. The Morgan fingerprint density at radius 3 is 2.68 bits per heavy atom. The van der Waals surface area contributed by atoms with Gasteiger partial charge in [0.25, 0.3) is 0 Å². The fourth-order valence-corrected chi connectivity index (χ4v) is 2.23. The molecule has 0 saturated heterocycles. The maximum absolute atomic E-state index is 12.9. The molecule has 0 saturated carbocycles. The van der Waals surface area contributed by atoms with Crippen molar-refractivity contribution < 1.29 is 18.7 Å². The van der Waals surface area contributed by atoms with Gasteiger partial charge in [-0.3, -0.25) is 0 Å². The summed E-state index contributed by atoms with van der Waals surface area (Å²) < 4.78 is 24.0. The van der Waals surface area contributed by atoms with Crippen molar-refractivity contribution in [1.29, 1.82) is 0 Å². The SMILES string of the molecule is CC(C)Oc1ccccc1NC(=O)NCCOc1ccc(F)cc1Cl. The summed E-state index contributed by atoms with van der Waals surface area (Å²) in [7, 11) is 0. The highest BCUT2D eigenvalue weighted by atomic mass is 35.5. The molecule has 0 aliphatic heterocycles. The molecule has 0 radical (unpaired) electrons. The quantitative estimate of drug-likeness (QED) is 0.711. The smallest absolute Gasteiger partial charge is 0.319 e. The van der Waals surface area contributed by atoms with Gasteiger partial charge in [0.1, 0.15) is 23.9 Å². The molecule has 0 spiro atoms. The first kappa shape index (κ1) is 18.9. The fourth-order valence-electron chi connectivity index (χ4n) is 2.01. The number of anilines is 1. The van der Waals surface area contributed by atoms with Crippen LogP contribution in [0.15, 0.2) is 42.5 Å². The molecule has 0 aromatic heterocycles. The number of carbonyl (C=O) groups excluding carboxylic acids is 1. The zero-order valence-corrected chi connectivity index (χ0v) is 14.8. The average Bonchev–Trinajstić information content (AvgIpc) is 2.54. The van der Waals surface area contributed by atoms with E-state index >= 15 is 0 Å². The summed E-state index contributed by atoms with van der Waals surface area (Å²) in [4.78, 5) is 12.0. The third-order valence-electron chi connectivity index (χ3n) is 3.04. The van der Waals surface area contributed by atoms with Crippen LogP contribution in [0.2, 0.25) is 5.02 Å². The van der Waals surface area contributed by atoms with Crippen LogP contribution in [0.3, 0.4) is 0 Å². The fraction of sp³-hybridized carbons (Fsp3) is 0.278. The Bertz CT molecular complexity index is 725. The minimum Gasteiger partial charge on any atom is -0.490 e. The number of ether oxygens (including phenoxy) is 2. The summed E-state index contributed by atoms with van der Waals surface area (Å²) in [6.07, 6.45) is -0.000121. The van der Waals surface area contributed by atoms with E-state index in [9.17, 15) is 9.18 Å². The van der Waals surface area contributed by atoms with E-state index in [1.165, 1.54) is 18.2 Å². The van der Waals surface area contributed by atoms with E-state index in [1.807, 2.05) is 26.0 Å². The third kappa shape index (κ3) is 6.15. The van der Waals surface area contributed by atoms with Gasteiger partial charge in [0.15, 0.2) is 0 Å². The Labute approximate surface area is 151 Å². The van der Waals surface area contributed by atoms with Gasteiger partial charge in [-0.1, -0.05) is 23.7 Å². The van der Waals surface area contributed by atoms with Crippen LogP contribution in [0.4, 0.5) is 14.9 Å². The van der Waals surface area contributed by atoms with E-state index in [0.717, 1.165) is 0 Å². The van der Waals surface area contributed by atoms with Crippen LogP contribution in [0, 0.1) is 5.82 Å². The molecule has 25 heavy (non-hydrogen) atoms. The number of benzene rings is 2. The number of hydrogen-bond acceptors (Lipinski definition) is 3. The Hall–Kier alpha value is -2.47. The predicted molar refractivity (Wildman–Crippen MR) is 96.1 cm³/mol. The third-order valence-corrected chi connectivity index (χ3v) is 3.33. The lowest BCUT2D eigenvalue weighted by Gasteiger charge is -2.15. The van der Waals surface area contributed by atoms with Crippen LogP contribution in [0.5, 0.6) is 11.5 Å². The Morgan fingerprint density at radius 1 is 1.20 bits per heavy atom. The van der Waals surface area contributed by atoms with E-state index < -0.39 is 5.82 Å². The highest BCUT2D eigenvalue weighted by molar-refractivity contribution is 6.32. The molecule has 2 N–H and O–H groups in total. The minimum absolute atomic E-state index is 0.000121. The highest BCUT2D eigenvalue weighted by Crippen LogP contribution is 2.25. The second-order valence-electron chi connectivity index (χ2n) is 5.47. The molecule has 2 rings (SSSR count). The molecule has 0 atom stereocenters. The lowest BCUT2D eigenvalue weighted by Crippen LogP contribution is -2.32. The minimum atomic E-state index is -0.433. The number of rotatable bonds is 7. The first-order valence-electron chi connectivity index (χ1n) is 7.84. The number of nitrogens with one attached hydrogen (secondary N) is 2. The molecule has 0 aliphatic rings. The van der Waals surface area contributed by atoms with Crippen LogP contribution >= 0.6 is 11.6 Å². The van der Waals surface area contributed by atoms with Gasteiger partial charge in [0, 0.05) is 0 Å². The second-order valence-corrected chi connectivity index (χ2v) is 5.87. The Balaban J connectivity index is 1.79. The standard InChI is InChI=1S/C18H20ClFN2O3/c1-12(2)25-17-6-4-3-5-15(17)22-18(23)21-9-10-24-16-8-7-13(20)11-14(16)19/h3-8,11-12H,9-10H2,1-2H3,(H2,21,22,23). The van der Waals surface area contributed by atoms with Gasteiger partial charge in [0.05, 0.1) is 23.4 Å². The largest absolute Gasteiger partial charge is 0.490 e. The molecule has 5 nitrogen and oxygen atoms in total. The van der Waals surface area contributed by atoms with E-state index in [0.29, 0.717) is 17.2 Å². The van der Waals surface area contributed by atoms with E-state index in [2.05, 4.69) is 10.6 Å². The normalized spacial score (nSPS) is 10.4. The number of carbonyl (C=O) groups is 1. The molecule has 0 heterocycles. The van der Waals surface area contributed by atoms with Crippen LogP contribution in [0.25, 0.3) is 0 Å². The lowest BCUT2D eigenvalue weighted by molar-refractivity contribution is 0.240. The van der Waals surface area contributed by atoms with Gasteiger partial charge in [0.2, 0.25) is 0 Å². The van der Waals surface area contributed by atoms with Crippen LogP contribution < -0.4 is 20.1 Å². The second kappa shape index (κ2) is 9.13. The van der Waals surface area contributed by atoms with Crippen molar-refractivity contribution in [3.8, 4) is 11.5 Å². The number of para-hydroxylation sites is 2. The summed E-state index contributed by atoms with van der Waals surface area (Å²) >= 11 is 5.86. The molecule has 0 aliphatic carbocycles. The maximum atomic E-state index is 12.9. The van der Waals surface area contributed by atoms with Crippen molar-refractivity contribution in [3.05, 3.63) is 53.3 Å². The summed E-state index contributed by atoms with van der Waals surface area (Å²) in [6, 6.07) is 10.7. The van der Waals surface area contributed by atoms with Crippen molar-refractivity contribution >= 4 is 23.3 Å². The van der Waals surface area contributed by atoms with Crippen molar-refractivity contribution in [2.45, 2.75) is 20.0 Å². The molecule has 2 amide bonds. The van der Waals surface area contributed by atoms with E-state index in [1.54, 1.807) is 12.1 Å². The van der Waals surface area contributed by atoms with Crippen molar-refractivity contribution in [2.24, 2.45) is 0 Å². The monoisotopic (exact) mass is 366 g/mol. The maximum Gasteiger partial charge on any atom is 0.319 e. The average molecular weight is 367 g/mol. The number of hydrogen-bond donors (Lipinski definition) is 2. The van der Waals surface area contributed by atoms with E-state index in [4.69, 9.17) is 21.1 Å². The number of halogens is 2. The molecule has 134 valence electrons. The van der Waals surface area contributed by atoms with Crippen molar-refractivity contribution in [2.75, 3.05) is 18.5 Å². The van der Waals surface area contributed by atoms with Crippen molar-refractivity contribution in [3.63, 3.8) is 0 Å². The van der Waals surface area contributed by atoms with Gasteiger partial charge in [-0.25, -0.2) is 9.18 Å². The number of urea groups is 1. The van der Waals surface area contributed by atoms with Crippen molar-refractivity contribution in [1.82, 2.24) is 5.32 Å². The zero-order chi connectivity index (χ0) is 18.2. The Kier molecular flexibility index (Phi) is 6.89. The molecule has 7 heteroatoms. The van der Waals surface area contributed by atoms with Gasteiger partial charge < -0.3 is 20.1 Å². The molecule has 2 aromatic carbocycles. The van der Waals surface area contributed by atoms with Gasteiger partial charge in [-0.2, -0.15) is 0 Å². The summed E-state index contributed by atoms with van der Waals surface area (Å²) in [6.45, 7) is 4.28. The molecular weight excluding hydrogens is 347 g/mol. The molecular formula is C18H20ClFN2O3. The van der Waals surface area contributed by atoms with Gasteiger partial charge in [-0.15, -0.1) is 0 Å². The van der Waals surface area contributed by atoms with Crippen LogP contribution in [-0.4, -0.2) is 25.3 Å². The van der Waals surface area contributed by atoms with Gasteiger partial charge >= 0.3 is 6.03 Å². The summed E-state index contributed by atoms with van der Waals surface area (Å²) in [5, 5.41) is 5.58. The number of amides is 2.